The van der Waals surface area contributed by atoms with E-state index in [0.29, 0.717) is 20.1 Å². The number of hydrogen-bond acceptors (Lipinski definition) is 2. The van der Waals surface area contributed by atoms with Crippen LogP contribution in [0.4, 0.5) is 11.4 Å². The van der Waals surface area contributed by atoms with Crippen LogP contribution in [0.3, 0.4) is 0 Å². The largest absolute Gasteiger partial charge is 0.256 e. The summed E-state index contributed by atoms with van der Waals surface area (Å²) in [6.45, 7) is 1.98. The van der Waals surface area contributed by atoms with Crippen molar-refractivity contribution in [2.45, 2.75) is 6.92 Å². The van der Waals surface area contributed by atoms with Gasteiger partial charge in [0.1, 0.15) is 0 Å². The number of halogens is 4. The van der Waals surface area contributed by atoms with E-state index in [0.717, 1.165) is 28.1 Å². The summed E-state index contributed by atoms with van der Waals surface area (Å²) in [5.41, 5.74) is 4.06. The number of aliphatic imine (C=N–C) groups is 2. The average Bonchev–Trinajstić information content (AvgIpc) is 2.66. The molecule has 2 nitrogen and oxygen atoms in total. The molecule has 3 rings (SSSR count). The highest BCUT2D eigenvalue weighted by Crippen LogP contribution is 2.28. The summed E-state index contributed by atoms with van der Waals surface area (Å²) in [7, 11) is 0. The molecule has 0 fully saturated rings. The monoisotopic (exact) mass is 434 g/mol. The number of benzene rings is 3. The van der Waals surface area contributed by atoms with Crippen LogP contribution in [0.2, 0.25) is 20.1 Å². The Hall–Kier alpha value is -1.84. The number of nitrogens with zero attached hydrogens (tertiary/aromatic N) is 2. The highest BCUT2D eigenvalue weighted by Gasteiger charge is 2.04. The van der Waals surface area contributed by atoms with Crippen LogP contribution in [0.15, 0.2) is 64.6 Å². The Morgan fingerprint density at radius 1 is 0.704 bits per heavy atom. The third kappa shape index (κ3) is 4.91. The van der Waals surface area contributed by atoms with E-state index in [9.17, 15) is 0 Å². The first-order valence-electron chi connectivity index (χ1n) is 8.02. The van der Waals surface area contributed by atoms with Crippen molar-refractivity contribution in [3.05, 3.63) is 91.4 Å². The van der Waals surface area contributed by atoms with Crippen LogP contribution in [0.1, 0.15) is 16.7 Å². The Labute approximate surface area is 178 Å². The van der Waals surface area contributed by atoms with Crippen molar-refractivity contribution in [3.8, 4) is 0 Å². The predicted octanol–water partition coefficient (Wildman–Crippen LogP) is 8.11. The second-order valence-electron chi connectivity index (χ2n) is 5.77. The molecule has 0 spiro atoms. The molecule has 6 heteroatoms. The van der Waals surface area contributed by atoms with E-state index in [1.807, 2.05) is 49.4 Å². The minimum Gasteiger partial charge on any atom is -0.256 e. The summed E-state index contributed by atoms with van der Waals surface area (Å²) in [5, 5.41) is 1.94. The molecule has 27 heavy (non-hydrogen) atoms. The maximum atomic E-state index is 6.21. The van der Waals surface area contributed by atoms with Crippen LogP contribution in [-0.4, -0.2) is 12.4 Å². The third-order valence-corrected chi connectivity index (χ3v) is 5.52. The summed E-state index contributed by atoms with van der Waals surface area (Å²) in [6, 6.07) is 16.6. The molecule has 3 aromatic carbocycles. The highest BCUT2D eigenvalue weighted by molar-refractivity contribution is 6.44. The molecule has 0 unspecified atom stereocenters. The van der Waals surface area contributed by atoms with Crippen LogP contribution >= 0.6 is 46.4 Å². The predicted molar refractivity (Wildman–Crippen MR) is 119 cm³/mol. The SMILES string of the molecule is Cc1ccc(N=Cc2cccc(Cl)c2Cl)cc1N=Cc1cccc(Cl)c1Cl. The minimum atomic E-state index is 0.476. The Kier molecular flexibility index (Phi) is 6.56. The first-order chi connectivity index (χ1) is 13.0. The Balaban J connectivity index is 1.88. The fraction of sp³-hybridized carbons (Fsp3) is 0.0476. The maximum Gasteiger partial charge on any atom is 0.0680 e. The minimum absolute atomic E-state index is 0.476. The quantitative estimate of drug-likeness (QED) is 0.369. The fourth-order valence-corrected chi connectivity index (χ4v) is 3.05. The van der Waals surface area contributed by atoms with Crippen molar-refractivity contribution in [3.63, 3.8) is 0 Å². The van der Waals surface area contributed by atoms with Crippen molar-refractivity contribution in [1.29, 1.82) is 0 Å². The molecule has 0 N–H and O–H groups in total. The van der Waals surface area contributed by atoms with Gasteiger partial charge >= 0.3 is 0 Å². The zero-order valence-corrected chi connectivity index (χ0v) is 17.3. The van der Waals surface area contributed by atoms with E-state index in [-0.39, 0.29) is 0 Å². The topological polar surface area (TPSA) is 24.7 Å². The van der Waals surface area contributed by atoms with Crippen molar-refractivity contribution < 1.29 is 0 Å². The molecule has 0 bridgehead atoms. The fourth-order valence-electron chi connectivity index (χ4n) is 2.34. The normalized spacial score (nSPS) is 11.6. The van der Waals surface area contributed by atoms with Gasteiger partial charge in [0.2, 0.25) is 0 Å². The molecule has 0 saturated heterocycles. The molecule has 0 atom stereocenters. The molecule has 0 radical (unpaired) electrons. The summed E-state index contributed by atoms with van der Waals surface area (Å²) in [4.78, 5) is 9.01. The summed E-state index contributed by atoms with van der Waals surface area (Å²) < 4.78 is 0. The van der Waals surface area contributed by atoms with Gasteiger partial charge in [-0.1, -0.05) is 76.7 Å². The molecule has 136 valence electrons. The Morgan fingerprint density at radius 3 is 1.85 bits per heavy atom. The van der Waals surface area contributed by atoms with Crippen LogP contribution in [-0.2, 0) is 0 Å². The van der Waals surface area contributed by atoms with Gasteiger partial charge in [0.05, 0.1) is 31.5 Å². The van der Waals surface area contributed by atoms with E-state index in [4.69, 9.17) is 46.4 Å². The van der Waals surface area contributed by atoms with Gasteiger partial charge in [-0.2, -0.15) is 0 Å². The van der Waals surface area contributed by atoms with Gasteiger partial charge in [-0.05, 0) is 36.8 Å². The van der Waals surface area contributed by atoms with Crippen LogP contribution in [0.5, 0.6) is 0 Å². The van der Waals surface area contributed by atoms with Crippen molar-refractivity contribution >= 4 is 70.2 Å². The third-order valence-electron chi connectivity index (χ3n) is 3.85. The standard InChI is InChI=1S/C21H14Cl4N2/c1-13-8-9-16(26-11-14-4-2-6-17(22)20(14)24)10-19(13)27-12-15-5-3-7-18(23)21(15)25/h2-12H,1H3. The van der Waals surface area contributed by atoms with Crippen molar-refractivity contribution in [2.75, 3.05) is 0 Å². The van der Waals surface area contributed by atoms with Gasteiger partial charge < -0.3 is 0 Å². The van der Waals surface area contributed by atoms with Gasteiger partial charge in [0.15, 0.2) is 0 Å². The second-order valence-corrected chi connectivity index (χ2v) is 7.34. The number of hydrogen-bond donors (Lipinski definition) is 0. The zero-order valence-electron chi connectivity index (χ0n) is 14.3. The molecule has 0 aliphatic rings. The summed E-state index contributed by atoms with van der Waals surface area (Å²) >= 11 is 24.5. The summed E-state index contributed by atoms with van der Waals surface area (Å²) in [6.07, 6.45) is 3.37. The van der Waals surface area contributed by atoms with Gasteiger partial charge in [-0.15, -0.1) is 0 Å². The van der Waals surface area contributed by atoms with Gasteiger partial charge in [-0.25, -0.2) is 0 Å². The molecule has 0 aliphatic carbocycles. The molecule has 0 saturated carbocycles. The first-order valence-corrected chi connectivity index (χ1v) is 9.53. The highest BCUT2D eigenvalue weighted by atomic mass is 35.5. The zero-order chi connectivity index (χ0) is 19.4. The first kappa shape index (κ1) is 19.9. The summed E-state index contributed by atoms with van der Waals surface area (Å²) in [5.74, 6) is 0. The van der Waals surface area contributed by atoms with E-state index in [1.165, 1.54) is 0 Å². The molecule has 3 aromatic rings. The molecule has 0 aromatic heterocycles. The van der Waals surface area contributed by atoms with Gasteiger partial charge in [0, 0.05) is 23.6 Å². The molecule has 0 aliphatic heterocycles. The molecule has 0 heterocycles. The lowest BCUT2D eigenvalue weighted by atomic mass is 10.1. The smallest absolute Gasteiger partial charge is 0.0680 e. The lowest BCUT2D eigenvalue weighted by Gasteiger charge is -2.04. The average molecular weight is 436 g/mol. The van der Waals surface area contributed by atoms with Crippen LogP contribution in [0, 0.1) is 6.92 Å². The maximum absolute atomic E-state index is 6.21. The number of rotatable bonds is 4. The van der Waals surface area contributed by atoms with Crippen LogP contribution in [0.25, 0.3) is 0 Å². The molecule has 0 amide bonds. The van der Waals surface area contributed by atoms with Crippen molar-refractivity contribution in [2.24, 2.45) is 9.98 Å². The lowest BCUT2D eigenvalue weighted by molar-refractivity contribution is 1.38. The lowest BCUT2D eigenvalue weighted by Crippen LogP contribution is -1.85. The van der Waals surface area contributed by atoms with Gasteiger partial charge in [0.25, 0.3) is 0 Å². The van der Waals surface area contributed by atoms with Crippen molar-refractivity contribution in [1.82, 2.24) is 0 Å². The Bertz CT molecular complexity index is 1040. The van der Waals surface area contributed by atoms with E-state index < -0.39 is 0 Å². The second kappa shape index (κ2) is 8.90. The molecular formula is C21H14Cl4N2. The van der Waals surface area contributed by atoms with E-state index >= 15 is 0 Å². The van der Waals surface area contributed by atoms with E-state index in [1.54, 1.807) is 24.6 Å². The van der Waals surface area contributed by atoms with E-state index in [2.05, 4.69) is 9.98 Å². The Morgan fingerprint density at radius 2 is 1.26 bits per heavy atom. The number of aryl methyl sites for hydroxylation is 1. The molecular weight excluding hydrogens is 422 g/mol. The van der Waals surface area contributed by atoms with Gasteiger partial charge in [-0.3, -0.25) is 9.98 Å². The van der Waals surface area contributed by atoms with Crippen LogP contribution < -0.4 is 0 Å².